The first-order valence-electron chi connectivity index (χ1n) is 7.93. The van der Waals surface area contributed by atoms with E-state index in [2.05, 4.69) is 10.3 Å². The number of anilines is 2. The fraction of sp³-hybridized carbons (Fsp3) is 0.333. The predicted molar refractivity (Wildman–Crippen MR) is 91.6 cm³/mol. The van der Waals surface area contributed by atoms with Crippen molar-refractivity contribution in [2.24, 2.45) is 5.92 Å². The van der Waals surface area contributed by atoms with Crippen molar-refractivity contribution in [1.29, 1.82) is 0 Å². The molecule has 3 rings (SSSR count). The molecule has 0 radical (unpaired) electrons. The minimum absolute atomic E-state index is 0.0113. The Morgan fingerprint density at radius 1 is 1.29 bits per heavy atom. The van der Waals surface area contributed by atoms with Gasteiger partial charge >= 0.3 is 0 Å². The molecule has 3 unspecified atom stereocenters. The number of rotatable bonds is 2. The van der Waals surface area contributed by atoms with Crippen molar-refractivity contribution < 1.29 is 9.18 Å². The smallest absolute Gasteiger partial charge is 0.271 e. The summed E-state index contributed by atoms with van der Waals surface area (Å²) in [4.78, 5) is 28.4. The summed E-state index contributed by atoms with van der Waals surface area (Å²) in [5, 5.41) is 3.22. The highest BCUT2D eigenvalue weighted by atomic mass is 19.1. The standard InChI is InChI=1S/C18H20FN3O2/c1-10-11(2)22(12(3)23)16-7-6-13(19)9-14(16)17(10)21-15-5-4-8-20-18(15)24/h4-11,17,21H,1-3H3,(H,20,24). The number of nitrogens with zero attached hydrogens (tertiary/aromatic N) is 1. The maximum absolute atomic E-state index is 13.8. The predicted octanol–water partition coefficient (Wildman–Crippen LogP) is 3.06. The molecule has 6 heteroatoms. The lowest BCUT2D eigenvalue weighted by Gasteiger charge is -2.44. The van der Waals surface area contributed by atoms with Gasteiger partial charge in [-0.2, -0.15) is 0 Å². The van der Waals surface area contributed by atoms with E-state index in [0.29, 0.717) is 16.9 Å². The number of hydrogen-bond acceptors (Lipinski definition) is 3. The van der Waals surface area contributed by atoms with Crippen LogP contribution in [-0.2, 0) is 4.79 Å². The second-order valence-electron chi connectivity index (χ2n) is 6.23. The van der Waals surface area contributed by atoms with Gasteiger partial charge < -0.3 is 15.2 Å². The number of aromatic amines is 1. The zero-order chi connectivity index (χ0) is 17.4. The topological polar surface area (TPSA) is 65.2 Å². The molecule has 5 nitrogen and oxygen atoms in total. The molecule has 1 aliphatic rings. The molecule has 0 aliphatic carbocycles. The average Bonchev–Trinajstić information content (AvgIpc) is 2.54. The van der Waals surface area contributed by atoms with E-state index in [1.165, 1.54) is 19.1 Å². The number of fused-ring (bicyclic) bond motifs is 1. The molecule has 3 atom stereocenters. The monoisotopic (exact) mass is 329 g/mol. The van der Waals surface area contributed by atoms with Crippen molar-refractivity contribution in [2.45, 2.75) is 32.9 Å². The van der Waals surface area contributed by atoms with Crippen LogP contribution >= 0.6 is 0 Å². The lowest BCUT2D eigenvalue weighted by atomic mass is 9.82. The summed E-state index contributed by atoms with van der Waals surface area (Å²) < 4.78 is 13.8. The first-order chi connectivity index (χ1) is 11.4. The summed E-state index contributed by atoms with van der Waals surface area (Å²) >= 11 is 0. The highest BCUT2D eigenvalue weighted by molar-refractivity contribution is 5.94. The molecule has 0 saturated heterocycles. The fourth-order valence-corrected chi connectivity index (χ4v) is 3.38. The number of nitrogens with one attached hydrogen (secondary N) is 2. The SMILES string of the molecule is CC(=O)N1c2ccc(F)cc2C(Nc2ccc[nH]c2=O)C(C)C1C. The Kier molecular flexibility index (Phi) is 4.13. The molecule has 1 aromatic carbocycles. The molecule has 0 spiro atoms. The second-order valence-corrected chi connectivity index (χ2v) is 6.23. The number of benzene rings is 1. The molecule has 2 N–H and O–H groups in total. The van der Waals surface area contributed by atoms with E-state index in [4.69, 9.17) is 0 Å². The maximum Gasteiger partial charge on any atom is 0.271 e. The first-order valence-corrected chi connectivity index (χ1v) is 7.93. The van der Waals surface area contributed by atoms with E-state index in [1.54, 1.807) is 29.3 Å². The van der Waals surface area contributed by atoms with E-state index < -0.39 is 0 Å². The molecule has 1 aromatic heterocycles. The molecule has 1 amide bonds. The second kappa shape index (κ2) is 6.11. The summed E-state index contributed by atoms with van der Waals surface area (Å²) in [6.45, 7) is 5.46. The van der Waals surface area contributed by atoms with Crippen molar-refractivity contribution in [1.82, 2.24) is 4.98 Å². The Hall–Kier alpha value is -2.63. The van der Waals surface area contributed by atoms with Gasteiger partial charge in [-0.05, 0) is 37.3 Å². The molecule has 0 saturated carbocycles. The van der Waals surface area contributed by atoms with Crippen LogP contribution < -0.4 is 15.8 Å². The van der Waals surface area contributed by atoms with Gasteiger partial charge in [0.25, 0.3) is 5.56 Å². The summed E-state index contributed by atoms with van der Waals surface area (Å²) in [5.41, 5.74) is 1.55. The molecule has 24 heavy (non-hydrogen) atoms. The van der Waals surface area contributed by atoms with Crippen LogP contribution in [0.4, 0.5) is 15.8 Å². The molecule has 2 heterocycles. The molecule has 0 fully saturated rings. The van der Waals surface area contributed by atoms with Gasteiger partial charge in [0.05, 0.1) is 6.04 Å². The van der Waals surface area contributed by atoms with Crippen molar-refractivity contribution in [3.63, 3.8) is 0 Å². The van der Waals surface area contributed by atoms with E-state index in [0.717, 1.165) is 0 Å². The van der Waals surface area contributed by atoms with Crippen molar-refractivity contribution in [2.75, 3.05) is 10.2 Å². The van der Waals surface area contributed by atoms with Gasteiger partial charge in [0.2, 0.25) is 5.91 Å². The van der Waals surface area contributed by atoms with Crippen LogP contribution in [-0.4, -0.2) is 16.9 Å². The maximum atomic E-state index is 13.8. The minimum atomic E-state index is -0.368. The molecule has 2 aromatic rings. The van der Waals surface area contributed by atoms with E-state index in [-0.39, 0.29) is 35.3 Å². The Morgan fingerprint density at radius 2 is 2.04 bits per heavy atom. The third-order valence-electron chi connectivity index (χ3n) is 4.75. The van der Waals surface area contributed by atoms with Crippen LogP contribution in [0.1, 0.15) is 32.4 Å². The highest BCUT2D eigenvalue weighted by Crippen LogP contribution is 2.42. The molecule has 1 aliphatic heterocycles. The first kappa shape index (κ1) is 16.2. The third-order valence-corrected chi connectivity index (χ3v) is 4.75. The third kappa shape index (κ3) is 2.68. The summed E-state index contributed by atoms with van der Waals surface area (Å²) in [5.74, 6) is -0.464. The van der Waals surface area contributed by atoms with Gasteiger partial charge in [0.1, 0.15) is 11.5 Å². The normalized spacial score (nSPS) is 22.8. The van der Waals surface area contributed by atoms with Gasteiger partial charge in [-0.1, -0.05) is 6.92 Å². The quantitative estimate of drug-likeness (QED) is 0.890. The molecular formula is C18H20FN3O2. The van der Waals surface area contributed by atoms with Crippen LogP contribution in [0.5, 0.6) is 0 Å². The lowest BCUT2D eigenvalue weighted by Crippen LogP contribution is -2.48. The zero-order valence-corrected chi connectivity index (χ0v) is 13.8. The summed E-state index contributed by atoms with van der Waals surface area (Å²) in [6.07, 6.45) is 1.56. The largest absolute Gasteiger partial charge is 0.373 e. The number of carbonyl (C=O) groups is 1. The van der Waals surface area contributed by atoms with E-state index >= 15 is 0 Å². The fourth-order valence-electron chi connectivity index (χ4n) is 3.38. The lowest BCUT2D eigenvalue weighted by molar-refractivity contribution is -0.117. The number of H-pyrrole nitrogens is 1. The van der Waals surface area contributed by atoms with Gasteiger partial charge in [0.15, 0.2) is 0 Å². The summed E-state index contributed by atoms with van der Waals surface area (Å²) in [6, 6.07) is 7.47. The molecular weight excluding hydrogens is 309 g/mol. The number of pyridine rings is 1. The van der Waals surface area contributed by atoms with Crippen molar-refractivity contribution in [3.8, 4) is 0 Å². The highest BCUT2D eigenvalue weighted by Gasteiger charge is 2.38. The number of aromatic nitrogens is 1. The summed E-state index contributed by atoms with van der Waals surface area (Å²) in [7, 11) is 0. The Bertz CT molecular complexity index is 833. The van der Waals surface area contributed by atoms with Gasteiger partial charge in [-0.15, -0.1) is 0 Å². The van der Waals surface area contributed by atoms with Crippen LogP contribution in [0.3, 0.4) is 0 Å². The Balaban J connectivity index is 2.11. The Labute approximate surface area is 139 Å². The van der Waals surface area contributed by atoms with Crippen molar-refractivity contribution >= 4 is 17.3 Å². The molecule has 0 bridgehead atoms. The van der Waals surface area contributed by atoms with Crippen molar-refractivity contribution in [3.05, 3.63) is 58.3 Å². The van der Waals surface area contributed by atoms with Crippen LogP contribution in [0.2, 0.25) is 0 Å². The average molecular weight is 329 g/mol. The molecule has 126 valence electrons. The number of amides is 1. The van der Waals surface area contributed by atoms with E-state index in [1.807, 2.05) is 13.8 Å². The van der Waals surface area contributed by atoms with Gasteiger partial charge in [0, 0.05) is 36.3 Å². The Morgan fingerprint density at radius 3 is 2.71 bits per heavy atom. The van der Waals surface area contributed by atoms with Gasteiger partial charge in [-0.3, -0.25) is 9.59 Å². The number of hydrogen-bond donors (Lipinski definition) is 2. The zero-order valence-electron chi connectivity index (χ0n) is 13.8. The van der Waals surface area contributed by atoms with E-state index in [9.17, 15) is 14.0 Å². The van der Waals surface area contributed by atoms with Crippen LogP contribution in [0, 0.1) is 11.7 Å². The number of halogens is 1. The minimum Gasteiger partial charge on any atom is -0.373 e. The number of carbonyl (C=O) groups excluding carboxylic acids is 1. The van der Waals surface area contributed by atoms with Crippen LogP contribution in [0.15, 0.2) is 41.3 Å². The van der Waals surface area contributed by atoms with Gasteiger partial charge in [-0.25, -0.2) is 4.39 Å². The van der Waals surface area contributed by atoms with Crippen LogP contribution in [0.25, 0.3) is 0 Å².